The Balaban J connectivity index is 2.44. The van der Waals surface area contributed by atoms with E-state index in [1.165, 1.54) is 6.92 Å². The number of benzene rings is 1. The van der Waals surface area contributed by atoms with Gasteiger partial charge in [-0.2, -0.15) is 0 Å². The van der Waals surface area contributed by atoms with Gasteiger partial charge in [0.15, 0.2) is 17.4 Å². The van der Waals surface area contributed by atoms with Crippen LogP contribution < -0.4 is 22.1 Å². The molecular formula is C19H24FN5O2. The van der Waals surface area contributed by atoms with Gasteiger partial charge in [0, 0.05) is 23.3 Å². The van der Waals surface area contributed by atoms with Crippen LogP contribution in [-0.2, 0) is 0 Å². The van der Waals surface area contributed by atoms with Gasteiger partial charge in [0.2, 0.25) is 0 Å². The Bertz CT molecular complexity index is 854. The zero-order valence-corrected chi connectivity index (χ0v) is 15.5. The highest BCUT2D eigenvalue weighted by molar-refractivity contribution is 5.99. The molecule has 1 aromatic heterocycles. The maximum atomic E-state index is 14.4. The van der Waals surface area contributed by atoms with E-state index in [1.807, 2.05) is 13.8 Å². The summed E-state index contributed by atoms with van der Waals surface area (Å²) in [5.41, 5.74) is 12.2. The number of primary amides is 1. The van der Waals surface area contributed by atoms with Gasteiger partial charge in [0.1, 0.15) is 5.82 Å². The first-order valence-electron chi connectivity index (χ1n) is 8.63. The lowest BCUT2D eigenvalue weighted by atomic mass is 10.1. The lowest BCUT2D eigenvalue weighted by Gasteiger charge is -2.22. The van der Waals surface area contributed by atoms with Crippen molar-refractivity contribution in [3.63, 3.8) is 0 Å². The molecule has 0 bridgehead atoms. The molecule has 6 N–H and O–H groups in total. The fourth-order valence-electron chi connectivity index (χ4n) is 2.61. The first kappa shape index (κ1) is 20.3. The first-order chi connectivity index (χ1) is 12.7. The van der Waals surface area contributed by atoms with Crippen LogP contribution in [0.4, 0.5) is 21.7 Å². The molecule has 2 rings (SSSR count). The van der Waals surface area contributed by atoms with Crippen molar-refractivity contribution in [3.05, 3.63) is 47.3 Å². The Morgan fingerprint density at radius 3 is 2.52 bits per heavy atom. The number of hydrogen-bond donors (Lipinski definition) is 4. The Labute approximate surface area is 157 Å². The van der Waals surface area contributed by atoms with E-state index in [4.69, 9.17) is 11.5 Å². The Hall–Kier alpha value is -3.00. The number of nitrogens with zero attached hydrogens (tertiary/aromatic N) is 1. The number of carbonyl (C=O) groups is 2. The lowest BCUT2D eigenvalue weighted by molar-refractivity contribution is 0.0996. The standard InChI is InChI=1S/C19H24FN5O2/c1-4-16(10(2)21)24-19-15(20)9-14(17(22)27)18(25-19)23-13-7-5-6-12(8-13)11(3)26/h5-10,16H,4,21H2,1-3H3,(H2,22,27)(H2,23,24,25)/t10-,16+/m0/s1. The van der Waals surface area contributed by atoms with Gasteiger partial charge in [-0.3, -0.25) is 9.59 Å². The van der Waals surface area contributed by atoms with E-state index in [2.05, 4.69) is 15.6 Å². The number of ketones is 1. The molecule has 0 fully saturated rings. The SMILES string of the molecule is CC[C@@H](Nc1nc(Nc2cccc(C(C)=O)c2)c(C(N)=O)cc1F)[C@H](C)N. The zero-order chi connectivity index (χ0) is 20.1. The van der Waals surface area contributed by atoms with Crippen molar-refractivity contribution in [1.82, 2.24) is 4.98 Å². The van der Waals surface area contributed by atoms with E-state index in [0.717, 1.165) is 6.07 Å². The summed E-state index contributed by atoms with van der Waals surface area (Å²) in [4.78, 5) is 27.5. The minimum absolute atomic E-state index is 0.0330. The van der Waals surface area contributed by atoms with Gasteiger partial charge in [-0.15, -0.1) is 0 Å². The maximum absolute atomic E-state index is 14.4. The second kappa shape index (κ2) is 8.59. The summed E-state index contributed by atoms with van der Waals surface area (Å²) in [7, 11) is 0. The van der Waals surface area contributed by atoms with Gasteiger partial charge in [0.05, 0.1) is 5.56 Å². The first-order valence-corrected chi connectivity index (χ1v) is 8.63. The van der Waals surface area contributed by atoms with Crippen LogP contribution in [0.2, 0.25) is 0 Å². The maximum Gasteiger partial charge on any atom is 0.252 e. The highest BCUT2D eigenvalue weighted by atomic mass is 19.1. The summed E-state index contributed by atoms with van der Waals surface area (Å²) in [5, 5.41) is 5.90. The van der Waals surface area contributed by atoms with Crippen molar-refractivity contribution in [3.8, 4) is 0 Å². The van der Waals surface area contributed by atoms with E-state index < -0.39 is 11.7 Å². The second-order valence-electron chi connectivity index (χ2n) is 6.36. The Kier molecular flexibility index (Phi) is 6.46. The summed E-state index contributed by atoms with van der Waals surface area (Å²) >= 11 is 0. The lowest BCUT2D eigenvalue weighted by Crippen LogP contribution is -2.38. The minimum Gasteiger partial charge on any atom is -0.365 e. The summed E-state index contributed by atoms with van der Waals surface area (Å²) in [5.74, 6) is -1.57. The number of aromatic nitrogens is 1. The second-order valence-corrected chi connectivity index (χ2v) is 6.36. The number of nitrogens with one attached hydrogen (secondary N) is 2. The number of Topliss-reactive ketones (excluding diaryl/α,β-unsaturated/α-hetero) is 1. The van der Waals surface area contributed by atoms with Crippen LogP contribution in [0.3, 0.4) is 0 Å². The van der Waals surface area contributed by atoms with Crippen molar-refractivity contribution in [2.75, 3.05) is 10.6 Å². The van der Waals surface area contributed by atoms with Crippen molar-refractivity contribution in [1.29, 1.82) is 0 Å². The molecule has 0 aliphatic rings. The topological polar surface area (TPSA) is 123 Å². The number of amides is 1. The molecule has 0 radical (unpaired) electrons. The van der Waals surface area contributed by atoms with Crippen LogP contribution in [0.25, 0.3) is 0 Å². The molecule has 7 nitrogen and oxygen atoms in total. The van der Waals surface area contributed by atoms with Gasteiger partial charge < -0.3 is 22.1 Å². The largest absolute Gasteiger partial charge is 0.365 e. The van der Waals surface area contributed by atoms with Crippen LogP contribution in [0.1, 0.15) is 47.9 Å². The summed E-state index contributed by atoms with van der Waals surface area (Å²) in [6, 6.07) is 7.28. The molecule has 27 heavy (non-hydrogen) atoms. The minimum atomic E-state index is -0.822. The van der Waals surface area contributed by atoms with Gasteiger partial charge in [-0.25, -0.2) is 9.37 Å². The number of anilines is 3. The number of rotatable bonds is 8. The molecule has 0 aliphatic carbocycles. The highest BCUT2D eigenvalue weighted by Gasteiger charge is 2.19. The van der Waals surface area contributed by atoms with Crippen LogP contribution in [0, 0.1) is 5.82 Å². The Morgan fingerprint density at radius 1 is 1.26 bits per heavy atom. The van der Waals surface area contributed by atoms with Gasteiger partial charge in [-0.1, -0.05) is 19.1 Å². The molecule has 2 aromatic rings. The van der Waals surface area contributed by atoms with Gasteiger partial charge >= 0.3 is 0 Å². The number of hydrogen-bond acceptors (Lipinski definition) is 6. The van der Waals surface area contributed by atoms with Crippen molar-refractivity contribution < 1.29 is 14.0 Å². The Morgan fingerprint density at radius 2 is 1.96 bits per heavy atom. The molecule has 2 atom stereocenters. The zero-order valence-electron chi connectivity index (χ0n) is 15.5. The number of nitrogens with two attached hydrogens (primary N) is 2. The van der Waals surface area contributed by atoms with E-state index in [0.29, 0.717) is 17.7 Å². The van der Waals surface area contributed by atoms with E-state index >= 15 is 0 Å². The molecule has 8 heteroatoms. The molecule has 144 valence electrons. The average Bonchev–Trinajstić information content (AvgIpc) is 2.61. The predicted octanol–water partition coefficient (Wildman–Crippen LogP) is 2.80. The number of carbonyl (C=O) groups excluding carboxylic acids is 2. The van der Waals surface area contributed by atoms with Gasteiger partial charge in [-0.05, 0) is 38.5 Å². The molecule has 0 spiro atoms. The fraction of sp³-hybridized carbons (Fsp3) is 0.316. The summed E-state index contributed by atoms with van der Waals surface area (Å²) < 4.78 is 14.4. The van der Waals surface area contributed by atoms with Crippen molar-refractivity contribution in [2.45, 2.75) is 39.3 Å². The van der Waals surface area contributed by atoms with Crippen molar-refractivity contribution in [2.24, 2.45) is 11.5 Å². The van der Waals surface area contributed by atoms with Crippen LogP contribution >= 0.6 is 0 Å². The quantitative estimate of drug-likeness (QED) is 0.528. The van der Waals surface area contributed by atoms with E-state index in [9.17, 15) is 14.0 Å². The highest BCUT2D eigenvalue weighted by Crippen LogP contribution is 2.25. The molecule has 1 heterocycles. The van der Waals surface area contributed by atoms with Crippen LogP contribution in [0.15, 0.2) is 30.3 Å². The summed E-state index contributed by atoms with van der Waals surface area (Å²) in [6.07, 6.45) is 0.666. The molecule has 0 unspecified atom stereocenters. The fourth-order valence-corrected chi connectivity index (χ4v) is 2.61. The molecule has 0 saturated heterocycles. The molecular weight excluding hydrogens is 349 g/mol. The molecule has 1 amide bonds. The third kappa shape index (κ3) is 5.01. The normalized spacial score (nSPS) is 12.9. The molecule has 0 aliphatic heterocycles. The predicted molar refractivity (Wildman–Crippen MR) is 104 cm³/mol. The van der Waals surface area contributed by atoms with Crippen LogP contribution in [0.5, 0.6) is 0 Å². The summed E-state index contributed by atoms with van der Waals surface area (Å²) in [6.45, 7) is 5.18. The molecule has 1 aromatic carbocycles. The average molecular weight is 373 g/mol. The van der Waals surface area contributed by atoms with Gasteiger partial charge in [0.25, 0.3) is 5.91 Å². The van der Waals surface area contributed by atoms with E-state index in [1.54, 1.807) is 24.3 Å². The van der Waals surface area contributed by atoms with Crippen molar-refractivity contribution >= 4 is 29.0 Å². The third-order valence-electron chi connectivity index (χ3n) is 4.17. The van der Waals surface area contributed by atoms with Crippen LogP contribution in [-0.4, -0.2) is 28.8 Å². The molecule has 0 saturated carbocycles. The number of halogens is 1. The number of pyridine rings is 1. The smallest absolute Gasteiger partial charge is 0.252 e. The monoisotopic (exact) mass is 373 g/mol. The van der Waals surface area contributed by atoms with E-state index in [-0.39, 0.29) is 35.1 Å². The third-order valence-corrected chi connectivity index (χ3v) is 4.17.